The lowest BCUT2D eigenvalue weighted by molar-refractivity contribution is 0.262. The zero-order valence-corrected chi connectivity index (χ0v) is 18.5. The fourth-order valence-electron chi connectivity index (χ4n) is 3.78. The summed E-state index contributed by atoms with van der Waals surface area (Å²) in [5, 5.41) is 6.32. The molecule has 0 bridgehead atoms. The van der Waals surface area contributed by atoms with Crippen molar-refractivity contribution in [1.82, 2.24) is 0 Å². The highest BCUT2D eigenvalue weighted by Crippen LogP contribution is 2.28. The second-order valence-electron chi connectivity index (χ2n) is 7.28. The molecule has 0 heterocycles. The number of anilines is 2. The molecule has 0 radical (unpaired) electrons. The van der Waals surface area contributed by atoms with E-state index in [9.17, 15) is 4.79 Å². The minimum atomic E-state index is -0.151. The first-order valence-corrected chi connectivity index (χ1v) is 10.9. The average molecular weight is 381 g/mol. The fourth-order valence-corrected chi connectivity index (χ4v) is 3.78. The molecular formula is C25H36N2O. The maximum Gasteiger partial charge on any atom is 0.323 e. The SMILES string of the molecule is CCc1cc(CC)c(NC(=O)Nc2c(CC)cc(CC)cc2CC)c(CC)c1. The molecule has 0 fully saturated rings. The molecule has 2 rings (SSSR count). The van der Waals surface area contributed by atoms with Gasteiger partial charge in [0.25, 0.3) is 0 Å². The molecule has 0 aliphatic rings. The minimum absolute atomic E-state index is 0.151. The molecule has 0 saturated carbocycles. The Kier molecular flexibility index (Phi) is 8.10. The molecule has 3 heteroatoms. The van der Waals surface area contributed by atoms with E-state index in [1.54, 1.807) is 0 Å². The Balaban J connectivity index is 2.35. The average Bonchev–Trinajstić information content (AvgIpc) is 2.73. The van der Waals surface area contributed by atoms with E-state index in [2.05, 4.69) is 76.4 Å². The molecule has 28 heavy (non-hydrogen) atoms. The van der Waals surface area contributed by atoms with E-state index in [0.29, 0.717) is 0 Å². The highest BCUT2D eigenvalue weighted by atomic mass is 16.2. The first kappa shape index (κ1) is 22.0. The Labute approximate surface area is 170 Å². The summed E-state index contributed by atoms with van der Waals surface area (Å²) in [7, 11) is 0. The van der Waals surface area contributed by atoms with E-state index in [-0.39, 0.29) is 6.03 Å². The van der Waals surface area contributed by atoms with Crippen LogP contribution in [0.25, 0.3) is 0 Å². The van der Waals surface area contributed by atoms with E-state index in [0.717, 1.165) is 49.9 Å². The molecule has 0 atom stereocenters. The number of carbonyl (C=O) groups excluding carboxylic acids is 1. The van der Waals surface area contributed by atoms with Gasteiger partial charge in [-0.1, -0.05) is 65.8 Å². The van der Waals surface area contributed by atoms with E-state index in [4.69, 9.17) is 0 Å². The van der Waals surface area contributed by atoms with Crippen LogP contribution in [-0.4, -0.2) is 6.03 Å². The maximum atomic E-state index is 12.9. The summed E-state index contributed by atoms with van der Waals surface area (Å²) >= 11 is 0. The zero-order chi connectivity index (χ0) is 20.7. The van der Waals surface area contributed by atoms with Crippen LogP contribution in [0.2, 0.25) is 0 Å². The van der Waals surface area contributed by atoms with Crippen molar-refractivity contribution in [1.29, 1.82) is 0 Å². The van der Waals surface area contributed by atoms with Crippen molar-refractivity contribution in [2.75, 3.05) is 10.6 Å². The van der Waals surface area contributed by atoms with E-state index < -0.39 is 0 Å². The summed E-state index contributed by atoms with van der Waals surface area (Å²) < 4.78 is 0. The Morgan fingerprint density at radius 1 is 0.571 bits per heavy atom. The summed E-state index contributed by atoms with van der Waals surface area (Å²) in [5.41, 5.74) is 9.44. The van der Waals surface area contributed by atoms with Crippen molar-refractivity contribution < 1.29 is 4.79 Å². The lowest BCUT2D eigenvalue weighted by Gasteiger charge is -2.20. The van der Waals surface area contributed by atoms with Crippen LogP contribution in [0.5, 0.6) is 0 Å². The number of benzene rings is 2. The number of hydrogen-bond acceptors (Lipinski definition) is 1. The van der Waals surface area contributed by atoms with Gasteiger partial charge in [-0.05, 0) is 71.9 Å². The van der Waals surface area contributed by atoms with E-state index in [1.807, 2.05) is 0 Å². The minimum Gasteiger partial charge on any atom is -0.307 e. The van der Waals surface area contributed by atoms with Gasteiger partial charge >= 0.3 is 6.03 Å². The van der Waals surface area contributed by atoms with Gasteiger partial charge in [0.05, 0.1) is 0 Å². The summed E-state index contributed by atoms with van der Waals surface area (Å²) in [6, 6.07) is 8.74. The summed E-state index contributed by atoms with van der Waals surface area (Å²) in [5.74, 6) is 0. The predicted molar refractivity (Wildman–Crippen MR) is 122 cm³/mol. The Morgan fingerprint density at radius 3 is 1.07 bits per heavy atom. The van der Waals surface area contributed by atoms with Crippen molar-refractivity contribution in [2.24, 2.45) is 0 Å². The van der Waals surface area contributed by atoms with Gasteiger partial charge in [0.15, 0.2) is 0 Å². The monoisotopic (exact) mass is 380 g/mol. The number of urea groups is 1. The van der Waals surface area contributed by atoms with Crippen LogP contribution in [0.15, 0.2) is 24.3 Å². The number of carbonyl (C=O) groups is 1. The molecule has 2 N–H and O–H groups in total. The second-order valence-corrected chi connectivity index (χ2v) is 7.28. The largest absolute Gasteiger partial charge is 0.323 e. The van der Waals surface area contributed by atoms with Gasteiger partial charge in [-0.25, -0.2) is 4.79 Å². The van der Waals surface area contributed by atoms with Gasteiger partial charge in [-0.3, -0.25) is 0 Å². The maximum absolute atomic E-state index is 12.9. The summed E-state index contributed by atoms with van der Waals surface area (Å²) in [6.45, 7) is 12.9. The molecule has 2 aromatic rings. The van der Waals surface area contributed by atoms with Gasteiger partial charge in [-0.2, -0.15) is 0 Å². The zero-order valence-electron chi connectivity index (χ0n) is 18.5. The quantitative estimate of drug-likeness (QED) is 0.525. The Hall–Kier alpha value is -2.29. The lowest BCUT2D eigenvalue weighted by atomic mass is 9.97. The second kappa shape index (κ2) is 10.3. The van der Waals surface area contributed by atoms with Crippen LogP contribution < -0.4 is 10.6 Å². The highest BCUT2D eigenvalue weighted by Gasteiger charge is 2.15. The summed E-state index contributed by atoms with van der Waals surface area (Å²) in [6.07, 6.45) is 5.64. The van der Waals surface area contributed by atoms with Crippen LogP contribution in [-0.2, 0) is 38.5 Å². The van der Waals surface area contributed by atoms with Crippen molar-refractivity contribution in [3.8, 4) is 0 Å². The number of rotatable bonds is 8. The van der Waals surface area contributed by atoms with Gasteiger partial charge in [0, 0.05) is 11.4 Å². The number of hydrogen-bond donors (Lipinski definition) is 2. The first-order valence-electron chi connectivity index (χ1n) is 10.9. The number of amides is 2. The third-order valence-corrected chi connectivity index (χ3v) is 5.54. The van der Waals surface area contributed by atoms with Crippen LogP contribution in [0.4, 0.5) is 16.2 Å². The van der Waals surface area contributed by atoms with Crippen LogP contribution in [0.1, 0.15) is 74.9 Å². The molecule has 0 aliphatic heterocycles. The van der Waals surface area contributed by atoms with Gasteiger partial charge in [0.2, 0.25) is 0 Å². The molecule has 2 aromatic carbocycles. The van der Waals surface area contributed by atoms with Crippen molar-refractivity contribution in [2.45, 2.75) is 80.1 Å². The molecule has 2 amide bonds. The van der Waals surface area contributed by atoms with Gasteiger partial charge < -0.3 is 10.6 Å². The molecule has 152 valence electrons. The van der Waals surface area contributed by atoms with Crippen molar-refractivity contribution >= 4 is 17.4 Å². The van der Waals surface area contributed by atoms with Crippen molar-refractivity contribution in [3.05, 3.63) is 57.6 Å². The number of nitrogens with one attached hydrogen (secondary N) is 2. The molecule has 3 nitrogen and oxygen atoms in total. The Bertz CT molecular complexity index is 706. The molecular weight excluding hydrogens is 344 g/mol. The van der Waals surface area contributed by atoms with Gasteiger partial charge in [-0.15, -0.1) is 0 Å². The summed E-state index contributed by atoms with van der Waals surface area (Å²) in [4.78, 5) is 12.9. The van der Waals surface area contributed by atoms with Crippen LogP contribution in [0, 0.1) is 0 Å². The van der Waals surface area contributed by atoms with Crippen LogP contribution in [0.3, 0.4) is 0 Å². The topological polar surface area (TPSA) is 41.1 Å². The third-order valence-electron chi connectivity index (χ3n) is 5.54. The van der Waals surface area contributed by atoms with Crippen molar-refractivity contribution in [3.63, 3.8) is 0 Å². The van der Waals surface area contributed by atoms with E-state index in [1.165, 1.54) is 33.4 Å². The molecule has 0 saturated heterocycles. The first-order chi connectivity index (χ1) is 13.5. The van der Waals surface area contributed by atoms with Crippen LogP contribution >= 0.6 is 0 Å². The van der Waals surface area contributed by atoms with E-state index >= 15 is 0 Å². The standard InChI is InChI=1S/C25H36N2O/c1-7-17-13-19(9-3)23(20(10-4)14-17)26-25(28)27-24-21(11-5)15-18(8-2)16-22(24)12-6/h13-16H,7-12H2,1-6H3,(H2,26,27,28). The highest BCUT2D eigenvalue weighted by molar-refractivity contribution is 6.01. The molecule has 0 aliphatic carbocycles. The third kappa shape index (κ3) is 4.95. The van der Waals surface area contributed by atoms with Gasteiger partial charge in [0.1, 0.15) is 0 Å². The fraction of sp³-hybridized carbons (Fsp3) is 0.480. The Morgan fingerprint density at radius 2 is 0.857 bits per heavy atom. The normalized spacial score (nSPS) is 10.8. The lowest BCUT2D eigenvalue weighted by Crippen LogP contribution is -2.23. The predicted octanol–water partition coefficient (Wildman–Crippen LogP) is 6.71. The molecule has 0 aromatic heterocycles. The number of aryl methyl sites for hydroxylation is 6. The molecule has 0 unspecified atom stereocenters. The smallest absolute Gasteiger partial charge is 0.307 e. The molecule has 0 spiro atoms.